The molecule has 1 saturated heterocycles. The molecule has 2 N–H and O–H groups in total. The molecule has 1 aliphatic heterocycles. The van der Waals surface area contributed by atoms with Gasteiger partial charge in [-0.1, -0.05) is 23.2 Å². The van der Waals surface area contributed by atoms with Gasteiger partial charge in [0.25, 0.3) is 0 Å². The molecular weight excluding hydrogens is 394 g/mol. The van der Waals surface area contributed by atoms with E-state index in [-0.39, 0.29) is 21.8 Å². The summed E-state index contributed by atoms with van der Waals surface area (Å²) in [5, 5.41) is 6.75. The molecule has 0 atom stereocenters. The molecule has 140 valence electrons. The van der Waals surface area contributed by atoms with Gasteiger partial charge in [0.2, 0.25) is 0 Å². The van der Waals surface area contributed by atoms with Crippen LogP contribution >= 0.6 is 23.2 Å². The van der Waals surface area contributed by atoms with Crippen LogP contribution in [0.3, 0.4) is 0 Å². The summed E-state index contributed by atoms with van der Waals surface area (Å²) >= 11 is 11.7. The summed E-state index contributed by atoms with van der Waals surface area (Å²) < 4.78 is 25.8. The number of nitrogens with one attached hydrogen (secondary N) is 2. The van der Waals surface area contributed by atoms with Crippen LogP contribution in [0.2, 0.25) is 10.0 Å². The zero-order valence-electron chi connectivity index (χ0n) is 14.2. The lowest BCUT2D eigenvalue weighted by molar-refractivity contribution is 0.137. The standard InChI is InChI=1S/C18H15Cl2FN4O2/c1-26-14-5-13-10(4-15(14)27-9-6-22-7-9)18(24-8-23-13)25-12-3-2-11(19)16(20)17(12)21/h2-5,8-9,22H,6-7H2,1H3,(H,23,24,25). The molecule has 2 heterocycles. The Hall–Kier alpha value is -2.35. The van der Waals surface area contributed by atoms with E-state index < -0.39 is 5.82 Å². The molecule has 6 nitrogen and oxygen atoms in total. The van der Waals surface area contributed by atoms with Crippen molar-refractivity contribution in [2.75, 3.05) is 25.5 Å². The van der Waals surface area contributed by atoms with Crippen molar-refractivity contribution in [3.05, 3.63) is 46.5 Å². The summed E-state index contributed by atoms with van der Waals surface area (Å²) in [6.07, 6.45) is 1.46. The van der Waals surface area contributed by atoms with Gasteiger partial charge >= 0.3 is 0 Å². The van der Waals surface area contributed by atoms with Crippen LogP contribution < -0.4 is 20.1 Å². The largest absolute Gasteiger partial charge is 0.493 e. The molecule has 0 amide bonds. The number of hydrogen-bond donors (Lipinski definition) is 2. The van der Waals surface area contributed by atoms with Gasteiger partial charge in [0, 0.05) is 24.5 Å². The normalized spacial score (nSPS) is 14.1. The Kier molecular flexibility index (Phi) is 4.90. The number of benzene rings is 2. The van der Waals surface area contributed by atoms with Crippen LogP contribution in [0.4, 0.5) is 15.9 Å². The van der Waals surface area contributed by atoms with Crippen molar-refractivity contribution in [2.24, 2.45) is 0 Å². The lowest BCUT2D eigenvalue weighted by Gasteiger charge is -2.28. The molecule has 0 unspecified atom stereocenters. The van der Waals surface area contributed by atoms with Gasteiger partial charge in [-0.15, -0.1) is 0 Å². The van der Waals surface area contributed by atoms with Crippen LogP contribution in [0.25, 0.3) is 10.9 Å². The molecular formula is C18H15Cl2FN4O2. The minimum atomic E-state index is -0.651. The number of methoxy groups -OCH3 is 1. The molecule has 0 radical (unpaired) electrons. The molecule has 0 spiro atoms. The Labute approximate surface area is 164 Å². The number of hydrogen-bond acceptors (Lipinski definition) is 6. The fourth-order valence-corrected chi connectivity index (χ4v) is 3.00. The predicted octanol–water partition coefficient (Wildman–Crippen LogP) is 4.18. The fourth-order valence-electron chi connectivity index (χ4n) is 2.69. The Morgan fingerprint density at radius 2 is 2.00 bits per heavy atom. The van der Waals surface area contributed by atoms with Crippen LogP contribution in [0, 0.1) is 5.82 Å². The van der Waals surface area contributed by atoms with Crippen LogP contribution in [-0.4, -0.2) is 36.3 Å². The molecule has 4 rings (SSSR count). The van der Waals surface area contributed by atoms with E-state index in [0.717, 1.165) is 13.1 Å². The summed E-state index contributed by atoms with van der Waals surface area (Å²) in [5.41, 5.74) is 0.787. The lowest BCUT2D eigenvalue weighted by atomic mass is 10.2. The monoisotopic (exact) mass is 408 g/mol. The Balaban J connectivity index is 1.76. The molecule has 9 heteroatoms. The third kappa shape index (κ3) is 3.45. The maximum atomic E-state index is 14.4. The quantitative estimate of drug-likeness (QED) is 0.617. The zero-order valence-corrected chi connectivity index (χ0v) is 15.7. The number of anilines is 2. The van der Waals surface area contributed by atoms with Crippen molar-refractivity contribution in [1.82, 2.24) is 15.3 Å². The summed E-state index contributed by atoms with van der Waals surface area (Å²) in [5.74, 6) is 0.904. The Bertz CT molecular complexity index is 1010. The topological polar surface area (TPSA) is 68.3 Å². The minimum absolute atomic E-state index is 0.0740. The van der Waals surface area contributed by atoms with Gasteiger partial charge in [-0.3, -0.25) is 0 Å². The van der Waals surface area contributed by atoms with Crippen molar-refractivity contribution < 1.29 is 13.9 Å². The first kappa shape index (κ1) is 18.0. The third-order valence-electron chi connectivity index (χ3n) is 4.25. The fraction of sp³-hybridized carbons (Fsp3) is 0.222. The highest BCUT2D eigenvalue weighted by atomic mass is 35.5. The molecule has 2 aromatic carbocycles. The average Bonchev–Trinajstić information content (AvgIpc) is 2.64. The van der Waals surface area contributed by atoms with Gasteiger partial charge in [-0.2, -0.15) is 0 Å². The number of fused-ring (bicyclic) bond motifs is 1. The molecule has 0 bridgehead atoms. The van der Waals surface area contributed by atoms with E-state index >= 15 is 0 Å². The maximum absolute atomic E-state index is 14.4. The third-order valence-corrected chi connectivity index (χ3v) is 5.03. The summed E-state index contributed by atoms with van der Waals surface area (Å²) in [7, 11) is 1.57. The van der Waals surface area contributed by atoms with E-state index in [1.807, 2.05) is 0 Å². The molecule has 0 saturated carbocycles. The molecule has 27 heavy (non-hydrogen) atoms. The summed E-state index contributed by atoms with van der Waals surface area (Å²) in [4.78, 5) is 8.49. The summed E-state index contributed by atoms with van der Waals surface area (Å²) in [6, 6.07) is 6.55. The van der Waals surface area contributed by atoms with E-state index in [4.69, 9.17) is 32.7 Å². The Morgan fingerprint density at radius 3 is 2.70 bits per heavy atom. The first-order chi connectivity index (χ1) is 13.1. The van der Waals surface area contributed by atoms with Crippen LogP contribution in [0.5, 0.6) is 11.5 Å². The van der Waals surface area contributed by atoms with Gasteiger partial charge in [0.1, 0.15) is 18.2 Å². The SMILES string of the molecule is COc1cc2ncnc(Nc3ccc(Cl)c(Cl)c3F)c2cc1OC1CNC1. The van der Waals surface area contributed by atoms with E-state index in [1.165, 1.54) is 18.5 Å². The van der Waals surface area contributed by atoms with Crippen molar-refractivity contribution in [3.8, 4) is 11.5 Å². The summed E-state index contributed by atoms with van der Waals surface area (Å²) in [6.45, 7) is 1.54. The van der Waals surface area contributed by atoms with Gasteiger partial charge in [-0.05, 0) is 18.2 Å². The molecule has 1 aliphatic rings. The van der Waals surface area contributed by atoms with E-state index in [9.17, 15) is 4.39 Å². The predicted molar refractivity (Wildman–Crippen MR) is 103 cm³/mol. The second-order valence-corrected chi connectivity index (χ2v) is 6.77. The number of nitrogens with zero attached hydrogens (tertiary/aromatic N) is 2. The van der Waals surface area contributed by atoms with E-state index in [2.05, 4.69) is 20.6 Å². The van der Waals surface area contributed by atoms with Crippen LogP contribution in [-0.2, 0) is 0 Å². The van der Waals surface area contributed by atoms with E-state index in [1.54, 1.807) is 19.2 Å². The van der Waals surface area contributed by atoms with E-state index in [0.29, 0.717) is 28.2 Å². The van der Waals surface area contributed by atoms with Crippen molar-refractivity contribution in [1.29, 1.82) is 0 Å². The second kappa shape index (κ2) is 7.34. The maximum Gasteiger partial charge on any atom is 0.166 e. The molecule has 0 aliphatic carbocycles. The highest BCUT2D eigenvalue weighted by molar-refractivity contribution is 6.42. The van der Waals surface area contributed by atoms with Crippen LogP contribution in [0.15, 0.2) is 30.6 Å². The first-order valence-corrected chi connectivity index (χ1v) is 8.93. The number of aromatic nitrogens is 2. The Morgan fingerprint density at radius 1 is 1.19 bits per heavy atom. The molecule has 1 aromatic heterocycles. The van der Waals surface area contributed by atoms with Crippen molar-refractivity contribution in [2.45, 2.75) is 6.10 Å². The highest BCUT2D eigenvalue weighted by Crippen LogP contribution is 2.37. The zero-order chi connectivity index (χ0) is 19.0. The number of halogens is 3. The smallest absolute Gasteiger partial charge is 0.166 e. The van der Waals surface area contributed by atoms with Crippen LogP contribution in [0.1, 0.15) is 0 Å². The van der Waals surface area contributed by atoms with Gasteiger partial charge in [0.15, 0.2) is 17.3 Å². The van der Waals surface area contributed by atoms with Gasteiger partial charge in [0.05, 0.1) is 28.4 Å². The van der Waals surface area contributed by atoms with Crippen molar-refractivity contribution >= 4 is 45.6 Å². The first-order valence-electron chi connectivity index (χ1n) is 8.17. The number of ether oxygens (including phenoxy) is 2. The second-order valence-electron chi connectivity index (χ2n) is 5.99. The highest BCUT2D eigenvalue weighted by Gasteiger charge is 2.21. The van der Waals surface area contributed by atoms with Gasteiger partial charge in [-0.25, -0.2) is 14.4 Å². The minimum Gasteiger partial charge on any atom is -0.493 e. The van der Waals surface area contributed by atoms with Gasteiger partial charge < -0.3 is 20.1 Å². The average molecular weight is 409 g/mol. The number of rotatable bonds is 5. The molecule has 3 aromatic rings. The molecule has 1 fully saturated rings. The lowest BCUT2D eigenvalue weighted by Crippen LogP contribution is -2.50. The van der Waals surface area contributed by atoms with Crippen molar-refractivity contribution in [3.63, 3.8) is 0 Å².